The van der Waals surface area contributed by atoms with Gasteiger partial charge in [-0.1, -0.05) is 38.1 Å². The number of aliphatic hydroxyl groups is 1. The van der Waals surface area contributed by atoms with Crippen molar-refractivity contribution in [1.82, 2.24) is 9.47 Å². The second kappa shape index (κ2) is 6.36. The summed E-state index contributed by atoms with van der Waals surface area (Å²) in [5, 5.41) is 11.1. The van der Waals surface area contributed by atoms with E-state index in [0.29, 0.717) is 0 Å². The molecule has 4 nitrogen and oxygen atoms in total. The minimum Gasteiger partial charge on any atom is -0.492 e. The molecule has 3 heterocycles. The van der Waals surface area contributed by atoms with Crippen molar-refractivity contribution in [1.29, 1.82) is 0 Å². The van der Waals surface area contributed by atoms with Crippen molar-refractivity contribution in [3.8, 4) is 16.9 Å². The van der Waals surface area contributed by atoms with Crippen LogP contribution in [0, 0.1) is 0 Å². The average Bonchev–Trinajstić information content (AvgIpc) is 3.32. The van der Waals surface area contributed by atoms with Gasteiger partial charge in [0, 0.05) is 59.8 Å². The van der Waals surface area contributed by atoms with Crippen molar-refractivity contribution in [3.05, 3.63) is 53.7 Å². The van der Waals surface area contributed by atoms with Gasteiger partial charge in [-0.25, -0.2) is 0 Å². The van der Waals surface area contributed by atoms with Crippen LogP contribution < -0.4 is 4.74 Å². The third-order valence-corrected chi connectivity index (χ3v) is 6.41. The van der Waals surface area contributed by atoms with E-state index in [4.69, 9.17) is 4.74 Å². The summed E-state index contributed by atoms with van der Waals surface area (Å²) < 4.78 is 8.38. The Morgan fingerprint density at radius 3 is 2.82 bits per heavy atom. The fourth-order valence-electron chi connectivity index (χ4n) is 4.69. The normalized spacial score (nSPS) is 21.2. The Kier molecular flexibility index (Phi) is 4.04. The highest BCUT2D eigenvalue weighted by Crippen LogP contribution is 2.44. The van der Waals surface area contributed by atoms with Gasteiger partial charge in [0.05, 0.1) is 12.7 Å². The molecule has 3 aromatic rings. The highest BCUT2D eigenvalue weighted by Gasteiger charge is 2.33. The van der Waals surface area contributed by atoms with Crippen LogP contribution in [-0.2, 0) is 19.0 Å². The lowest BCUT2D eigenvalue weighted by Gasteiger charge is -2.15. The number of β-amino-alcohol motifs (C(OH)–C–C–N with tert-alkyl or cyclic N) is 1. The summed E-state index contributed by atoms with van der Waals surface area (Å²) in [4.78, 5) is 2.33. The van der Waals surface area contributed by atoms with E-state index in [9.17, 15) is 5.11 Å². The van der Waals surface area contributed by atoms with Crippen molar-refractivity contribution >= 4 is 10.9 Å². The predicted molar refractivity (Wildman–Crippen MR) is 113 cm³/mol. The number of para-hydroxylation sites is 1. The van der Waals surface area contributed by atoms with Crippen LogP contribution in [0.5, 0.6) is 5.75 Å². The first-order valence-corrected chi connectivity index (χ1v) is 10.2. The summed E-state index contributed by atoms with van der Waals surface area (Å²) in [5.41, 5.74) is 6.28. The average molecular weight is 377 g/mol. The molecule has 0 spiro atoms. The van der Waals surface area contributed by atoms with Gasteiger partial charge < -0.3 is 14.4 Å². The van der Waals surface area contributed by atoms with Crippen LogP contribution in [0.4, 0.5) is 0 Å². The smallest absolute Gasteiger partial charge is 0.131 e. The number of aryl methyl sites for hydroxylation is 1. The minimum atomic E-state index is -0.175. The molecule has 1 fully saturated rings. The van der Waals surface area contributed by atoms with Crippen molar-refractivity contribution in [3.63, 3.8) is 0 Å². The molecule has 2 aliphatic heterocycles. The van der Waals surface area contributed by atoms with Crippen LogP contribution >= 0.6 is 0 Å². The Morgan fingerprint density at radius 1 is 1.18 bits per heavy atom. The highest BCUT2D eigenvalue weighted by molar-refractivity contribution is 5.88. The quantitative estimate of drug-likeness (QED) is 0.748. The Bertz CT molecular complexity index is 1050. The Hall–Kier alpha value is -2.30. The molecule has 2 aromatic carbocycles. The standard InChI is InChI=1S/C24H28N2O2/c1-24(2)15-28-23-20(5-4-6-21(23)24)16-7-8-22-17(11-16)12-18(25(22)3)13-26-10-9-19(27)14-26/h4-8,11-12,19,27H,9-10,13-15H2,1-3H3/t19-/m0/s1. The molecule has 0 aliphatic carbocycles. The molecule has 1 atom stereocenters. The molecular formula is C24H28N2O2. The molecule has 0 saturated carbocycles. The van der Waals surface area contributed by atoms with Crippen molar-refractivity contribution in [2.24, 2.45) is 7.05 Å². The maximum Gasteiger partial charge on any atom is 0.131 e. The van der Waals surface area contributed by atoms with Gasteiger partial charge >= 0.3 is 0 Å². The molecule has 0 amide bonds. The van der Waals surface area contributed by atoms with Crippen molar-refractivity contribution < 1.29 is 9.84 Å². The Labute approximate surface area is 166 Å². The summed E-state index contributed by atoms with van der Waals surface area (Å²) >= 11 is 0. The van der Waals surface area contributed by atoms with E-state index < -0.39 is 0 Å². The third kappa shape index (κ3) is 2.83. The van der Waals surface area contributed by atoms with Gasteiger partial charge in [0.1, 0.15) is 5.75 Å². The van der Waals surface area contributed by atoms with Gasteiger partial charge in [0.25, 0.3) is 0 Å². The van der Waals surface area contributed by atoms with Crippen LogP contribution in [0.25, 0.3) is 22.0 Å². The van der Waals surface area contributed by atoms with E-state index in [1.165, 1.54) is 33.3 Å². The first-order chi connectivity index (χ1) is 13.4. The first-order valence-electron chi connectivity index (χ1n) is 10.2. The molecule has 4 heteroatoms. The number of fused-ring (bicyclic) bond motifs is 2. The number of nitrogens with zero attached hydrogens (tertiary/aromatic N) is 2. The molecule has 0 unspecified atom stereocenters. The van der Waals surface area contributed by atoms with E-state index in [2.05, 4.69) is 72.8 Å². The van der Waals surface area contributed by atoms with Gasteiger partial charge in [-0.05, 0) is 30.2 Å². The van der Waals surface area contributed by atoms with Gasteiger partial charge in [-0.3, -0.25) is 4.90 Å². The number of likely N-dealkylation sites (tertiary alicyclic amines) is 1. The molecule has 2 aliphatic rings. The zero-order valence-corrected chi connectivity index (χ0v) is 16.9. The van der Waals surface area contributed by atoms with Crippen LogP contribution in [0.15, 0.2) is 42.5 Å². The van der Waals surface area contributed by atoms with Gasteiger partial charge in [0.15, 0.2) is 0 Å². The molecule has 28 heavy (non-hydrogen) atoms. The zero-order chi connectivity index (χ0) is 19.5. The van der Waals surface area contributed by atoms with Gasteiger partial charge in [-0.15, -0.1) is 0 Å². The number of hydrogen-bond donors (Lipinski definition) is 1. The van der Waals surface area contributed by atoms with Crippen molar-refractivity contribution in [2.45, 2.75) is 38.3 Å². The summed E-state index contributed by atoms with van der Waals surface area (Å²) in [7, 11) is 2.13. The van der Waals surface area contributed by atoms with Crippen LogP contribution in [0.3, 0.4) is 0 Å². The summed E-state index contributed by atoms with van der Waals surface area (Å²) in [5.74, 6) is 1.04. The monoisotopic (exact) mass is 376 g/mol. The lowest BCUT2D eigenvalue weighted by Crippen LogP contribution is -2.22. The maximum absolute atomic E-state index is 9.80. The number of aliphatic hydroxyl groups excluding tert-OH is 1. The second-order valence-electron chi connectivity index (χ2n) is 9.00. The number of aromatic nitrogens is 1. The van der Waals surface area contributed by atoms with Gasteiger partial charge in [-0.2, -0.15) is 0 Å². The maximum atomic E-state index is 9.80. The molecule has 146 valence electrons. The third-order valence-electron chi connectivity index (χ3n) is 6.41. The number of benzene rings is 2. The number of ether oxygens (including phenoxy) is 1. The SMILES string of the molecule is Cn1c(CN2CC[C@H](O)C2)cc2cc(-c3cccc4c3OCC4(C)C)ccc21. The van der Waals surface area contributed by atoms with Gasteiger partial charge in [0.2, 0.25) is 0 Å². The topological polar surface area (TPSA) is 37.6 Å². The fraction of sp³-hybridized carbons (Fsp3) is 0.417. The Morgan fingerprint density at radius 2 is 2.04 bits per heavy atom. The molecule has 0 bridgehead atoms. The lowest BCUT2D eigenvalue weighted by atomic mass is 9.85. The molecular weight excluding hydrogens is 348 g/mol. The van der Waals surface area contributed by atoms with E-state index >= 15 is 0 Å². The number of hydrogen-bond acceptors (Lipinski definition) is 3. The summed E-state index contributed by atoms with van der Waals surface area (Å²) in [6.07, 6.45) is 0.703. The molecule has 0 radical (unpaired) electrons. The van der Waals surface area contributed by atoms with E-state index in [0.717, 1.165) is 38.4 Å². The molecule has 1 N–H and O–H groups in total. The Balaban J connectivity index is 1.52. The van der Waals surface area contributed by atoms with Crippen LogP contribution in [0.2, 0.25) is 0 Å². The largest absolute Gasteiger partial charge is 0.492 e. The van der Waals surface area contributed by atoms with Crippen LogP contribution in [0.1, 0.15) is 31.5 Å². The van der Waals surface area contributed by atoms with Crippen molar-refractivity contribution in [2.75, 3.05) is 19.7 Å². The molecule has 1 saturated heterocycles. The van der Waals surface area contributed by atoms with E-state index in [-0.39, 0.29) is 11.5 Å². The molecule has 1 aromatic heterocycles. The van der Waals surface area contributed by atoms with E-state index in [1.807, 2.05) is 0 Å². The first kappa shape index (κ1) is 17.8. The molecule has 5 rings (SSSR count). The number of rotatable bonds is 3. The van der Waals surface area contributed by atoms with Crippen LogP contribution in [-0.4, -0.2) is 40.4 Å². The predicted octanol–water partition coefficient (Wildman–Crippen LogP) is 4.08. The summed E-state index contributed by atoms with van der Waals surface area (Å²) in [6, 6.07) is 15.5. The fourth-order valence-corrected chi connectivity index (χ4v) is 4.69. The highest BCUT2D eigenvalue weighted by atomic mass is 16.5. The zero-order valence-electron chi connectivity index (χ0n) is 16.9. The minimum absolute atomic E-state index is 0.0651. The van der Waals surface area contributed by atoms with E-state index in [1.54, 1.807) is 0 Å². The second-order valence-corrected chi connectivity index (χ2v) is 9.00. The lowest BCUT2D eigenvalue weighted by molar-refractivity contribution is 0.174. The summed E-state index contributed by atoms with van der Waals surface area (Å²) in [6.45, 7) is 7.84.